The molecule has 0 unspecified atom stereocenters. The maximum Gasteiger partial charge on any atom is 0.320 e. The summed E-state index contributed by atoms with van der Waals surface area (Å²) in [4.78, 5) is 23.5. The molecular formula is C20H28O4. The van der Waals surface area contributed by atoms with Crippen LogP contribution in [0.4, 0.5) is 0 Å². The van der Waals surface area contributed by atoms with Crippen LogP contribution in [0, 0.1) is 11.3 Å². The molecule has 4 heteroatoms. The molecule has 0 aromatic heterocycles. The molecular weight excluding hydrogens is 304 g/mol. The van der Waals surface area contributed by atoms with Gasteiger partial charge in [0.2, 0.25) is 0 Å². The number of rotatable bonds is 7. The molecule has 1 aromatic rings. The van der Waals surface area contributed by atoms with Crippen LogP contribution in [0.25, 0.3) is 6.08 Å². The highest BCUT2D eigenvalue weighted by molar-refractivity contribution is 5.94. The van der Waals surface area contributed by atoms with E-state index in [0.717, 1.165) is 12.0 Å². The normalized spacial score (nSPS) is 12.2. The van der Waals surface area contributed by atoms with Gasteiger partial charge in [-0.3, -0.25) is 9.59 Å². The second-order valence-corrected chi connectivity index (χ2v) is 6.82. The van der Waals surface area contributed by atoms with Crippen molar-refractivity contribution in [1.82, 2.24) is 0 Å². The number of hydrogen-bond acceptors (Lipinski definition) is 4. The van der Waals surface area contributed by atoms with Gasteiger partial charge in [-0.15, -0.1) is 0 Å². The Bertz CT molecular complexity index is 551. The molecule has 1 aromatic carbocycles. The highest BCUT2D eigenvalue weighted by atomic mass is 16.5. The maximum atomic E-state index is 11.7. The van der Waals surface area contributed by atoms with E-state index in [1.165, 1.54) is 19.8 Å². The SMILES string of the molecule is COC(=O)C(CCC/C(=C/c1ccccc1)C(C)(C)C)C(=O)OC. The zero-order valence-electron chi connectivity index (χ0n) is 15.3. The van der Waals surface area contributed by atoms with Crippen LogP contribution in [-0.4, -0.2) is 26.2 Å². The molecule has 0 spiro atoms. The van der Waals surface area contributed by atoms with Crippen molar-refractivity contribution in [2.75, 3.05) is 14.2 Å². The lowest BCUT2D eigenvalue weighted by Gasteiger charge is -2.24. The van der Waals surface area contributed by atoms with Crippen molar-refractivity contribution in [3.05, 3.63) is 41.5 Å². The monoisotopic (exact) mass is 332 g/mol. The van der Waals surface area contributed by atoms with Crippen LogP contribution >= 0.6 is 0 Å². The fourth-order valence-electron chi connectivity index (χ4n) is 2.53. The lowest BCUT2D eigenvalue weighted by Crippen LogP contribution is -2.26. The first-order valence-corrected chi connectivity index (χ1v) is 8.21. The standard InChI is InChI=1S/C20H28O4/c1-20(2,3)16(14-15-10-7-6-8-11-15)12-9-13-17(18(21)23-4)19(22)24-5/h6-8,10-11,14,17H,9,12-13H2,1-5H3/b16-14-. The van der Waals surface area contributed by atoms with E-state index in [1.54, 1.807) is 0 Å². The van der Waals surface area contributed by atoms with Crippen LogP contribution in [0.15, 0.2) is 35.9 Å². The summed E-state index contributed by atoms with van der Waals surface area (Å²) in [5.74, 6) is -1.92. The summed E-state index contributed by atoms with van der Waals surface area (Å²) in [6, 6.07) is 10.1. The summed E-state index contributed by atoms with van der Waals surface area (Å²) in [7, 11) is 2.57. The number of carbonyl (C=O) groups excluding carboxylic acids is 2. The van der Waals surface area contributed by atoms with Gasteiger partial charge < -0.3 is 9.47 Å². The smallest absolute Gasteiger partial charge is 0.320 e. The predicted molar refractivity (Wildman–Crippen MR) is 95.2 cm³/mol. The second-order valence-electron chi connectivity index (χ2n) is 6.82. The minimum absolute atomic E-state index is 0.0157. The van der Waals surface area contributed by atoms with E-state index < -0.39 is 17.9 Å². The molecule has 1 rings (SSSR count). The molecule has 4 nitrogen and oxygen atoms in total. The summed E-state index contributed by atoms with van der Waals surface area (Å²) in [5.41, 5.74) is 2.45. The van der Waals surface area contributed by atoms with Crippen molar-refractivity contribution in [1.29, 1.82) is 0 Å². The lowest BCUT2D eigenvalue weighted by molar-refractivity contribution is -0.159. The van der Waals surface area contributed by atoms with E-state index in [9.17, 15) is 9.59 Å². The number of benzene rings is 1. The number of carbonyl (C=O) groups is 2. The Balaban J connectivity index is 2.80. The van der Waals surface area contributed by atoms with Crippen molar-refractivity contribution in [3.8, 4) is 0 Å². The number of allylic oxidation sites excluding steroid dienone is 1. The highest BCUT2D eigenvalue weighted by Gasteiger charge is 2.28. The van der Waals surface area contributed by atoms with Gasteiger partial charge in [-0.1, -0.05) is 62.8 Å². The summed E-state index contributed by atoms with van der Waals surface area (Å²) >= 11 is 0. The van der Waals surface area contributed by atoms with Crippen molar-refractivity contribution < 1.29 is 19.1 Å². The Kier molecular flexibility index (Phi) is 7.69. The molecule has 0 N–H and O–H groups in total. The fraction of sp³-hybridized carbons (Fsp3) is 0.500. The van der Waals surface area contributed by atoms with Crippen molar-refractivity contribution in [3.63, 3.8) is 0 Å². The maximum absolute atomic E-state index is 11.7. The Morgan fingerprint density at radius 3 is 2.04 bits per heavy atom. The van der Waals surface area contributed by atoms with Crippen molar-refractivity contribution in [2.45, 2.75) is 40.0 Å². The van der Waals surface area contributed by atoms with E-state index in [2.05, 4.69) is 39.0 Å². The fourth-order valence-corrected chi connectivity index (χ4v) is 2.53. The molecule has 0 aliphatic carbocycles. The molecule has 0 aliphatic heterocycles. The number of hydrogen-bond donors (Lipinski definition) is 0. The van der Waals surface area contributed by atoms with Crippen LogP contribution in [0.1, 0.15) is 45.6 Å². The molecule has 0 bridgehead atoms. The van der Waals surface area contributed by atoms with Gasteiger partial charge in [0.25, 0.3) is 0 Å². The minimum atomic E-state index is -0.849. The Labute approximate surface area is 144 Å². The van der Waals surface area contributed by atoms with Gasteiger partial charge in [0.05, 0.1) is 14.2 Å². The molecule has 0 saturated carbocycles. The van der Waals surface area contributed by atoms with Gasteiger partial charge in [0.15, 0.2) is 5.92 Å². The van der Waals surface area contributed by atoms with Gasteiger partial charge in [-0.2, -0.15) is 0 Å². The average Bonchev–Trinajstić information content (AvgIpc) is 2.56. The molecule has 0 fully saturated rings. The molecule has 24 heavy (non-hydrogen) atoms. The molecule has 0 aliphatic rings. The zero-order chi connectivity index (χ0) is 18.2. The third-order valence-electron chi connectivity index (χ3n) is 4.01. The van der Waals surface area contributed by atoms with E-state index in [4.69, 9.17) is 9.47 Å². The number of methoxy groups -OCH3 is 2. The molecule has 0 atom stereocenters. The van der Waals surface area contributed by atoms with Gasteiger partial charge in [0.1, 0.15) is 0 Å². The first-order chi connectivity index (χ1) is 11.3. The Hall–Kier alpha value is -2.10. The van der Waals surface area contributed by atoms with E-state index in [0.29, 0.717) is 12.8 Å². The van der Waals surface area contributed by atoms with E-state index >= 15 is 0 Å². The number of esters is 2. The molecule has 0 heterocycles. The van der Waals surface area contributed by atoms with Gasteiger partial charge in [-0.25, -0.2) is 0 Å². The van der Waals surface area contributed by atoms with Gasteiger partial charge in [-0.05, 0) is 30.2 Å². The second kappa shape index (κ2) is 9.26. The first-order valence-electron chi connectivity index (χ1n) is 8.21. The van der Waals surface area contributed by atoms with Crippen LogP contribution < -0.4 is 0 Å². The van der Waals surface area contributed by atoms with Crippen LogP contribution in [0.2, 0.25) is 0 Å². The quantitative estimate of drug-likeness (QED) is 0.553. The van der Waals surface area contributed by atoms with Crippen LogP contribution in [0.5, 0.6) is 0 Å². The Morgan fingerprint density at radius 1 is 1.04 bits per heavy atom. The van der Waals surface area contributed by atoms with E-state index in [1.807, 2.05) is 18.2 Å². The molecule has 0 saturated heterocycles. The zero-order valence-corrected chi connectivity index (χ0v) is 15.3. The van der Waals surface area contributed by atoms with Crippen LogP contribution in [0.3, 0.4) is 0 Å². The summed E-state index contributed by atoms with van der Waals surface area (Å²) in [6.07, 6.45) is 4.13. The first kappa shape index (κ1) is 19.9. The van der Waals surface area contributed by atoms with Crippen molar-refractivity contribution in [2.24, 2.45) is 11.3 Å². The highest BCUT2D eigenvalue weighted by Crippen LogP contribution is 2.32. The topological polar surface area (TPSA) is 52.6 Å². The minimum Gasteiger partial charge on any atom is -0.468 e. The molecule has 0 amide bonds. The van der Waals surface area contributed by atoms with E-state index in [-0.39, 0.29) is 5.41 Å². The van der Waals surface area contributed by atoms with Gasteiger partial charge >= 0.3 is 11.9 Å². The molecule has 132 valence electrons. The van der Waals surface area contributed by atoms with Crippen molar-refractivity contribution >= 4 is 18.0 Å². The lowest BCUT2D eigenvalue weighted by atomic mass is 9.82. The average molecular weight is 332 g/mol. The number of ether oxygens (including phenoxy) is 2. The summed E-state index contributed by atoms with van der Waals surface area (Å²) < 4.78 is 9.40. The molecule has 0 radical (unpaired) electrons. The third-order valence-corrected chi connectivity index (χ3v) is 4.01. The predicted octanol–water partition coefficient (Wildman–Crippen LogP) is 4.25. The van der Waals surface area contributed by atoms with Gasteiger partial charge in [0, 0.05) is 0 Å². The van der Waals surface area contributed by atoms with Crippen LogP contribution in [-0.2, 0) is 19.1 Å². The summed E-state index contributed by atoms with van der Waals surface area (Å²) in [6.45, 7) is 6.50. The summed E-state index contributed by atoms with van der Waals surface area (Å²) in [5, 5.41) is 0. The largest absolute Gasteiger partial charge is 0.468 e. The Morgan fingerprint density at radius 2 is 1.58 bits per heavy atom. The third kappa shape index (κ3) is 6.19.